The third kappa shape index (κ3) is 5.61. The first-order valence-electron chi connectivity index (χ1n) is 11.4. The van der Waals surface area contributed by atoms with Gasteiger partial charge in [0.2, 0.25) is 0 Å². The topological polar surface area (TPSA) is 84.0 Å². The molecule has 2 amide bonds. The highest BCUT2D eigenvalue weighted by Gasteiger charge is 2.28. The van der Waals surface area contributed by atoms with E-state index < -0.39 is 0 Å². The van der Waals surface area contributed by atoms with Crippen molar-refractivity contribution < 1.29 is 19.6 Å². The van der Waals surface area contributed by atoms with Gasteiger partial charge in [-0.25, -0.2) is 0 Å². The lowest BCUT2D eigenvalue weighted by Crippen LogP contribution is -2.86. The average molecular weight is 465 g/mol. The van der Waals surface area contributed by atoms with Crippen LogP contribution in [0.3, 0.4) is 0 Å². The molecule has 4 rings (SSSR count). The summed E-state index contributed by atoms with van der Waals surface area (Å²) in [6.07, 6.45) is 2.86. The Bertz CT molecular complexity index is 1110. The molecule has 0 unspecified atom stereocenters. The second kappa shape index (κ2) is 10.6. The summed E-state index contributed by atoms with van der Waals surface area (Å²) in [6.45, 7) is 4.90. The van der Waals surface area contributed by atoms with Gasteiger partial charge in [0.25, 0.3) is 11.8 Å². The highest BCUT2D eigenvalue weighted by Crippen LogP contribution is 2.39. The number of aryl methyl sites for hydroxylation is 1. The number of carbonyl (C=O) groups excluding carboxylic acids is 2. The van der Waals surface area contributed by atoms with Gasteiger partial charge in [0.15, 0.2) is 6.54 Å². The molecule has 7 heteroatoms. The molecule has 0 bridgehead atoms. The van der Waals surface area contributed by atoms with Crippen LogP contribution < -0.4 is 20.7 Å². The number of benzene rings is 2. The van der Waals surface area contributed by atoms with Gasteiger partial charge in [-0.3, -0.25) is 9.59 Å². The van der Waals surface area contributed by atoms with E-state index in [-0.39, 0.29) is 17.9 Å². The van der Waals surface area contributed by atoms with Crippen molar-refractivity contribution in [2.75, 3.05) is 23.8 Å². The number of rotatable bonds is 9. The maximum absolute atomic E-state index is 13.2. The van der Waals surface area contributed by atoms with Gasteiger partial charge in [0, 0.05) is 16.1 Å². The summed E-state index contributed by atoms with van der Waals surface area (Å²) in [6, 6.07) is 17.6. The van der Waals surface area contributed by atoms with Crippen molar-refractivity contribution in [3.63, 3.8) is 0 Å². The first-order chi connectivity index (χ1) is 16.0. The molecule has 33 heavy (non-hydrogen) atoms. The summed E-state index contributed by atoms with van der Waals surface area (Å²) < 4.78 is 5.47. The molecule has 1 aromatic heterocycles. The van der Waals surface area contributed by atoms with Crippen LogP contribution in [-0.4, -0.2) is 25.0 Å². The quantitative estimate of drug-likeness (QED) is 0.445. The minimum absolute atomic E-state index is 0.104. The Morgan fingerprint density at radius 3 is 2.55 bits per heavy atom. The van der Waals surface area contributed by atoms with E-state index in [4.69, 9.17) is 4.74 Å². The fraction of sp³-hybridized carbons (Fsp3) is 0.308. The molecule has 1 aliphatic rings. The van der Waals surface area contributed by atoms with Crippen LogP contribution in [0, 0.1) is 0 Å². The molecule has 0 saturated heterocycles. The van der Waals surface area contributed by atoms with Crippen LogP contribution in [-0.2, 0) is 17.6 Å². The van der Waals surface area contributed by atoms with Crippen LogP contribution in [0.15, 0.2) is 54.6 Å². The Morgan fingerprint density at radius 1 is 1.06 bits per heavy atom. The number of nitrogens with two attached hydrogens (primary N) is 1. The van der Waals surface area contributed by atoms with E-state index in [2.05, 4.69) is 29.7 Å². The third-order valence-corrected chi connectivity index (χ3v) is 7.01. The largest absolute Gasteiger partial charge is 0.494 e. The maximum atomic E-state index is 13.2. The molecule has 172 valence electrons. The van der Waals surface area contributed by atoms with Gasteiger partial charge in [-0.15, -0.1) is 11.3 Å². The van der Waals surface area contributed by atoms with E-state index in [0.717, 1.165) is 30.6 Å². The van der Waals surface area contributed by atoms with Crippen molar-refractivity contribution in [3.05, 3.63) is 76.2 Å². The summed E-state index contributed by atoms with van der Waals surface area (Å²) in [5, 5.41) is 8.64. The molecular weight excluding hydrogens is 434 g/mol. The van der Waals surface area contributed by atoms with Crippen molar-refractivity contribution in [2.45, 2.75) is 39.2 Å². The van der Waals surface area contributed by atoms with Gasteiger partial charge in [-0.05, 0) is 62.9 Å². The van der Waals surface area contributed by atoms with Gasteiger partial charge >= 0.3 is 0 Å². The van der Waals surface area contributed by atoms with Crippen molar-refractivity contribution in [1.82, 2.24) is 0 Å². The monoisotopic (exact) mass is 464 g/mol. The standard InChI is InChI=1S/C26H29N3O3S/c1-3-32-20-14-12-19(13-15-20)28-25(31)24-21-10-7-11-22(21)33-26(24)29-23(30)16-27-17(2)18-8-5-4-6-9-18/h4-6,8-9,12-15,17,27H,3,7,10-11,16H2,1-2H3,(H,28,31)(H,29,30)/p+1/t17-/m0/s1. The number of hydrogen-bond donors (Lipinski definition) is 3. The van der Waals surface area contributed by atoms with Crippen LogP contribution in [0.2, 0.25) is 0 Å². The fourth-order valence-corrected chi connectivity index (χ4v) is 5.38. The van der Waals surface area contributed by atoms with Crippen LogP contribution in [0.1, 0.15) is 52.7 Å². The number of fused-ring (bicyclic) bond motifs is 1. The molecule has 1 heterocycles. The van der Waals surface area contributed by atoms with E-state index in [0.29, 0.717) is 29.4 Å². The normalized spacial score (nSPS) is 13.3. The summed E-state index contributed by atoms with van der Waals surface area (Å²) in [4.78, 5) is 27.1. The lowest BCUT2D eigenvalue weighted by molar-refractivity contribution is -0.682. The predicted molar refractivity (Wildman–Crippen MR) is 132 cm³/mol. The molecule has 0 saturated carbocycles. The SMILES string of the molecule is CCOc1ccc(NC(=O)c2c(NC(=O)C[NH2+][C@@H](C)c3ccccc3)sc3c2CCC3)cc1. The summed E-state index contributed by atoms with van der Waals surface area (Å²) >= 11 is 1.53. The lowest BCUT2D eigenvalue weighted by Gasteiger charge is -2.12. The van der Waals surface area contributed by atoms with Crippen LogP contribution in [0.4, 0.5) is 10.7 Å². The molecule has 1 atom stereocenters. The minimum atomic E-state index is -0.185. The van der Waals surface area contributed by atoms with E-state index in [9.17, 15) is 9.59 Å². The Balaban J connectivity index is 1.43. The first-order valence-corrected chi connectivity index (χ1v) is 12.2. The van der Waals surface area contributed by atoms with E-state index in [1.165, 1.54) is 21.8 Å². The number of nitrogens with one attached hydrogen (secondary N) is 2. The molecule has 4 N–H and O–H groups in total. The number of anilines is 2. The average Bonchev–Trinajstić information content (AvgIpc) is 3.40. The van der Waals surface area contributed by atoms with Crippen molar-refractivity contribution in [2.24, 2.45) is 0 Å². The number of quaternary nitrogens is 1. The maximum Gasteiger partial charge on any atom is 0.280 e. The molecule has 0 aliphatic heterocycles. The summed E-state index contributed by atoms with van der Waals surface area (Å²) in [5.74, 6) is 0.476. The second-order valence-electron chi connectivity index (χ2n) is 8.16. The van der Waals surface area contributed by atoms with Crippen LogP contribution in [0.25, 0.3) is 0 Å². The molecule has 1 aliphatic carbocycles. The van der Waals surface area contributed by atoms with Crippen molar-refractivity contribution in [3.8, 4) is 5.75 Å². The number of carbonyl (C=O) groups is 2. The predicted octanol–water partition coefficient (Wildman–Crippen LogP) is 4.15. The summed E-state index contributed by atoms with van der Waals surface area (Å²) in [7, 11) is 0. The molecule has 0 fully saturated rings. The highest BCUT2D eigenvalue weighted by molar-refractivity contribution is 7.17. The van der Waals surface area contributed by atoms with Gasteiger partial charge in [-0.1, -0.05) is 30.3 Å². The molecule has 6 nitrogen and oxygen atoms in total. The van der Waals surface area contributed by atoms with Crippen LogP contribution >= 0.6 is 11.3 Å². The first kappa shape index (κ1) is 23.0. The van der Waals surface area contributed by atoms with E-state index in [1.807, 2.05) is 54.7 Å². The van der Waals surface area contributed by atoms with Crippen LogP contribution in [0.5, 0.6) is 5.75 Å². The second-order valence-corrected chi connectivity index (χ2v) is 9.27. The number of ether oxygens (including phenoxy) is 1. The zero-order valence-corrected chi connectivity index (χ0v) is 19.8. The van der Waals surface area contributed by atoms with Gasteiger partial charge < -0.3 is 20.7 Å². The molecule has 0 radical (unpaired) electrons. The Hall–Kier alpha value is -3.16. The molecule has 3 aromatic rings. The third-order valence-electron chi connectivity index (χ3n) is 5.81. The zero-order valence-electron chi connectivity index (χ0n) is 19.0. The molecule has 0 spiro atoms. The van der Waals surface area contributed by atoms with Gasteiger partial charge in [-0.2, -0.15) is 0 Å². The minimum Gasteiger partial charge on any atom is -0.494 e. The number of thiophene rings is 1. The van der Waals surface area contributed by atoms with E-state index in [1.54, 1.807) is 0 Å². The van der Waals surface area contributed by atoms with Crippen molar-refractivity contribution in [1.29, 1.82) is 0 Å². The Morgan fingerprint density at radius 2 is 1.82 bits per heavy atom. The molecular formula is C26H30N3O3S+. The molecule has 2 aromatic carbocycles. The Kier molecular flexibility index (Phi) is 7.42. The highest BCUT2D eigenvalue weighted by atomic mass is 32.1. The lowest BCUT2D eigenvalue weighted by atomic mass is 10.1. The zero-order chi connectivity index (χ0) is 23.2. The van der Waals surface area contributed by atoms with Crippen molar-refractivity contribution >= 4 is 33.8 Å². The van der Waals surface area contributed by atoms with Gasteiger partial charge in [0.05, 0.1) is 12.2 Å². The Labute approximate surface area is 198 Å². The van der Waals surface area contributed by atoms with E-state index >= 15 is 0 Å². The number of amides is 2. The van der Waals surface area contributed by atoms with Gasteiger partial charge in [0.1, 0.15) is 16.8 Å². The fourth-order valence-electron chi connectivity index (χ4n) is 4.08. The number of hydrogen-bond acceptors (Lipinski definition) is 4. The summed E-state index contributed by atoms with van der Waals surface area (Å²) in [5.41, 5.74) is 3.55. The smallest absolute Gasteiger partial charge is 0.280 e.